The summed E-state index contributed by atoms with van der Waals surface area (Å²) in [5, 5.41) is 29.9. The van der Waals surface area contributed by atoms with Crippen molar-refractivity contribution in [1.82, 2.24) is 4.57 Å². The Bertz CT molecular complexity index is 1580. The number of sulfonamides is 1. The summed E-state index contributed by atoms with van der Waals surface area (Å²) < 4.78 is 30.1. The maximum absolute atomic E-state index is 13.2. The summed E-state index contributed by atoms with van der Waals surface area (Å²) in [6, 6.07) is 13.3. The third-order valence-corrected chi connectivity index (χ3v) is 8.20. The number of carboxylic acid groups (broad SMARTS) is 1. The zero-order chi connectivity index (χ0) is 29.4. The van der Waals surface area contributed by atoms with Crippen molar-refractivity contribution in [3.05, 3.63) is 75.6 Å². The zero-order valence-corrected chi connectivity index (χ0v) is 23.5. The molecule has 1 atom stereocenters. The summed E-state index contributed by atoms with van der Waals surface area (Å²) in [5.74, 6) is -1.30. The highest BCUT2D eigenvalue weighted by Gasteiger charge is 2.25. The van der Waals surface area contributed by atoms with Gasteiger partial charge in [-0.1, -0.05) is 45.2 Å². The first-order chi connectivity index (χ1) is 19.0. The van der Waals surface area contributed by atoms with Crippen LogP contribution in [0.25, 0.3) is 0 Å². The lowest BCUT2D eigenvalue weighted by atomic mass is 9.99. The van der Waals surface area contributed by atoms with Crippen LogP contribution >= 0.6 is 0 Å². The quantitative estimate of drug-likeness (QED) is 0.153. The number of carbonyl (C=O) groups is 1. The van der Waals surface area contributed by atoms with E-state index < -0.39 is 21.6 Å². The van der Waals surface area contributed by atoms with Crippen LogP contribution in [0.5, 0.6) is 5.88 Å². The van der Waals surface area contributed by atoms with E-state index in [0.29, 0.717) is 0 Å². The Kier molecular flexibility index (Phi) is 9.93. The van der Waals surface area contributed by atoms with Crippen LogP contribution in [0.15, 0.2) is 58.2 Å². The molecule has 11 nitrogen and oxygen atoms in total. The van der Waals surface area contributed by atoms with Gasteiger partial charge in [-0.2, -0.15) is 5.26 Å². The number of hydrogen-bond donors (Lipinski definition) is 5. The third-order valence-electron chi connectivity index (χ3n) is 6.76. The summed E-state index contributed by atoms with van der Waals surface area (Å²) in [5.41, 5.74) is 4.49. The second-order valence-electron chi connectivity index (χ2n) is 9.45. The average Bonchev–Trinajstić information content (AvgIpc) is 2.93. The van der Waals surface area contributed by atoms with Gasteiger partial charge >= 0.3 is 5.97 Å². The smallest absolute Gasteiger partial charge is 0.335 e. The van der Waals surface area contributed by atoms with E-state index >= 15 is 0 Å². The molecule has 3 rings (SSSR count). The van der Waals surface area contributed by atoms with Gasteiger partial charge in [-0.25, -0.2) is 24.1 Å². The number of nitriles is 1. The molecule has 0 spiro atoms. The number of anilines is 2. The molecule has 0 amide bonds. The van der Waals surface area contributed by atoms with Crippen LogP contribution in [0.2, 0.25) is 0 Å². The first-order valence-electron chi connectivity index (χ1n) is 12.9. The van der Waals surface area contributed by atoms with Gasteiger partial charge in [0.2, 0.25) is 5.69 Å². The minimum Gasteiger partial charge on any atom is -0.490 e. The number of quaternary nitrogens is 1. The molecule has 0 fully saturated rings. The molecule has 3 aromatic rings. The predicted octanol–water partition coefficient (Wildman–Crippen LogP) is 3.67. The zero-order valence-electron chi connectivity index (χ0n) is 22.6. The van der Waals surface area contributed by atoms with Crippen molar-refractivity contribution in [3.63, 3.8) is 0 Å². The fourth-order valence-electron chi connectivity index (χ4n) is 4.35. The number of nitrogen functional groups attached to an aromatic ring is 1. The topological polar surface area (TPSA) is 178 Å². The number of aromatic carboxylic acids is 1. The lowest BCUT2D eigenvalue weighted by Crippen LogP contribution is -2.83. The Balaban J connectivity index is 1.93. The molecular formula is C28H34N5O6S+. The van der Waals surface area contributed by atoms with Crippen LogP contribution in [0.1, 0.15) is 61.0 Å². The molecule has 0 bridgehead atoms. The molecule has 0 saturated carbocycles. The molecule has 0 radical (unpaired) electrons. The molecule has 40 heavy (non-hydrogen) atoms. The standard InChI is InChI=1S/C28H33N5O6S/c1-4-6-9-19(5-2)17-33-26(34)22(16-29)18(3)25(27(33)35)31-30-23-10-7-8-11-24(23)40(38,39)32-21-14-12-20(13-15-21)28(36)37/h7-8,10-15,19,30-32,35H,4-6,9,17H2,1-3H3,(H,36,37)/p+1. The van der Waals surface area contributed by atoms with Crippen LogP contribution in [-0.2, 0) is 16.6 Å². The van der Waals surface area contributed by atoms with Crippen molar-refractivity contribution >= 4 is 33.1 Å². The average molecular weight is 569 g/mol. The number of hydrogen-bond acceptors (Lipinski definition) is 7. The van der Waals surface area contributed by atoms with Crippen molar-refractivity contribution in [2.75, 3.05) is 10.1 Å². The van der Waals surface area contributed by atoms with Crippen molar-refractivity contribution in [3.8, 4) is 11.9 Å². The molecule has 1 aromatic heterocycles. The minimum atomic E-state index is -4.11. The van der Waals surface area contributed by atoms with Gasteiger partial charge < -0.3 is 10.2 Å². The molecule has 12 heteroatoms. The number of unbranched alkanes of at least 4 members (excludes halogenated alkanes) is 1. The fraction of sp³-hybridized carbons (Fsp3) is 0.321. The van der Waals surface area contributed by atoms with Crippen molar-refractivity contribution in [2.24, 2.45) is 5.92 Å². The largest absolute Gasteiger partial charge is 0.490 e. The Morgan fingerprint density at radius 2 is 1.82 bits per heavy atom. The summed E-state index contributed by atoms with van der Waals surface area (Å²) in [4.78, 5) is 24.0. The van der Waals surface area contributed by atoms with Crippen LogP contribution in [0.3, 0.4) is 0 Å². The molecule has 2 aromatic carbocycles. The van der Waals surface area contributed by atoms with Crippen LogP contribution in [0.4, 0.5) is 17.1 Å². The SMILES string of the molecule is CCCCC(CC)Cn1c(O)c([NH2+]Nc2ccccc2S(=O)(=O)Nc2ccc(C(=O)O)cc2)c(C)c(C#N)c1=O. The van der Waals surface area contributed by atoms with E-state index in [2.05, 4.69) is 17.1 Å². The van der Waals surface area contributed by atoms with E-state index in [1.165, 1.54) is 46.4 Å². The first-order valence-corrected chi connectivity index (χ1v) is 14.4. The third kappa shape index (κ3) is 6.80. The molecule has 1 heterocycles. The maximum atomic E-state index is 13.2. The van der Waals surface area contributed by atoms with Gasteiger partial charge in [-0.3, -0.25) is 14.1 Å². The highest BCUT2D eigenvalue weighted by molar-refractivity contribution is 7.92. The molecule has 0 aliphatic heterocycles. The van der Waals surface area contributed by atoms with E-state index in [-0.39, 0.29) is 57.0 Å². The van der Waals surface area contributed by atoms with Crippen LogP contribution in [0, 0.1) is 24.2 Å². The van der Waals surface area contributed by atoms with Gasteiger partial charge in [0.1, 0.15) is 22.2 Å². The van der Waals surface area contributed by atoms with Gasteiger partial charge in [-0.15, -0.1) is 0 Å². The number of aromatic nitrogens is 1. The number of nitrogens with zero attached hydrogens (tertiary/aromatic N) is 2. The van der Waals surface area contributed by atoms with Gasteiger partial charge in [-0.05, 0) is 55.7 Å². The first kappa shape index (κ1) is 30.2. The van der Waals surface area contributed by atoms with E-state index in [1.807, 2.05) is 13.0 Å². The number of pyridine rings is 1. The number of benzene rings is 2. The van der Waals surface area contributed by atoms with Gasteiger partial charge in [0.15, 0.2) is 0 Å². The molecule has 0 aliphatic rings. The molecule has 0 saturated heterocycles. The monoisotopic (exact) mass is 568 g/mol. The number of nitrogens with two attached hydrogens (primary N) is 1. The minimum absolute atomic E-state index is 0.0171. The van der Waals surface area contributed by atoms with E-state index in [0.717, 1.165) is 25.7 Å². The number of carboxylic acids is 1. The molecular weight excluding hydrogens is 534 g/mol. The Morgan fingerprint density at radius 1 is 1.15 bits per heavy atom. The van der Waals surface area contributed by atoms with Crippen molar-refractivity contribution < 1.29 is 28.9 Å². The number of para-hydroxylation sites is 1. The maximum Gasteiger partial charge on any atom is 0.335 e. The highest BCUT2D eigenvalue weighted by atomic mass is 32.2. The van der Waals surface area contributed by atoms with Gasteiger partial charge in [0, 0.05) is 17.8 Å². The van der Waals surface area contributed by atoms with E-state index in [1.54, 1.807) is 19.1 Å². The number of aromatic hydroxyl groups is 1. The molecule has 1 unspecified atom stereocenters. The Labute approximate surface area is 233 Å². The summed E-state index contributed by atoms with van der Waals surface area (Å²) in [6.07, 6.45) is 3.66. The normalized spacial score (nSPS) is 11.9. The van der Waals surface area contributed by atoms with Crippen LogP contribution < -0.4 is 21.1 Å². The Morgan fingerprint density at radius 3 is 2.42 bits per heavy atom. The van der Waals surface area contributed by atoms with E-state index in [9.17, 15) is 28.4 Å². The van der Waals surface area contributed by atoms with Gasteiger partial charge in [0.05, 0.1) is 5.56 Å². The van der Waals surface area contributed by atoms with Gasteiger partial charge in [0.25, 0.3) is 21.5 Å². The second kappa shape index (κ2) is 13.1. The number of nitrogens with one attached hydrogen (secondary N) is 2. The summed E-state index contributed by atoms with van der Waals surface area (Å²) >= 11 is 0. The lowest BCUT2D eigenvalue weighted by molar-refractivity contribution is -0.540. The molecule has 0 aliphatic carbocycles. The fourth-order valence-corrected chi connectivity index (χ4v) is 5.58. The molecule has 212 valence electrons. The molecule has 6 N–H and O–H groups in total. The highest BCUT2D eigenvalue weighted by Crippen LogP contribution is 2.27. The van der Waals surface area contributed by atoms with Crippen molar-refractivity contribution in [1.29, 1.82) is 5.26 Å². The second-order valence-corrected chi connectivity index (χ2v) is 11.1. The van der Waals surface area contributed by atoms with Crippen molar-refractivity contribution in [2.45, 2.75) is 57.9 Å². The van der Waals surface area contributed by atoms with E-state index in [4.69, 9.17) is 5.11 Å². The Hall–Kier alpha value is -4.34. The summed E-state index contributed by atoms with van der Waals surface area (Å²) in [6.45, 7) is 5.91. The van der Waals surface area contributed by atoms with Crippen LogP contribution in [-0.4, -0.2) is 29.2 Å². The number of rotatable bonds is 13. The lowest BCUT2D eigenvalue weighted by Gasteiger charge is -2.20. The summed E-state index contributed by atoms with van der Waals surface area (Å²) in [7, 11) is -4.11. The predicted molar refractivity (Wildman–Crippen MR) is 151 cm³/mol.